The molecule has 2 aromatic heterocycles. The standard InChI is InChI=1S/C28H32N4O5/c1-5-14-31-26-24(27(33)32(15-6-2)28(31)34)29-23(30-26)13-12-20-16-21(35-3)25(22(17-20)36-4)37-18-19-10-8-7-9-11-19/h7-13,16-17H,5-6,14-15,18H2,1-4H3,(H,29,30)/b13-12+. The number of fused-ring (bicyclic) bond motifs is 1. The fourth-order valence-corrected chi connectivity index (χ4v) is 4.15. The lowest BCUT2D eigenvalue weighted by molar-refractivity contribution is 0.266. The van der Waals surface area contributed by atoms with Crippen molar-refractivity contribution in [1.82, 2.24) is 19.1 Å². The number of ether oxygens (including phenoxy) is 3. The van der Waals surface area contributed by atoms with Crippen molar-refractivity contribution in [3.63, 3.8) is 0 Å². The van der Waals surface area contributed by atoms with Crippen molar-refractivity contribution in [2.45, 2.75) is 46.4 Å². The third kappa shape index (κ3) is 5.45. The second-order valence-electron chi connectivity index (χ2n) is 8.57. The van der Waals surface area contributed by atoms with Crippen LogP contribution in [0.4, 0.5) is 0 Å². The molecule has 0 saturated carbocycles. The highest BCUT2D eigenvalue weighted by molar-refractivity contribution is 5.76. The van der Waals surface area contributed by atoms with E-state index in [1.165, 1.54) is 4.57 Å². The van der Waals surface area contributed by atoms with Gasteiger partial charge in [0.2, 0.25) is 5.75 Å². The van der Waals surface area contributed by atoms with E-state index in [2.05, 4.69) is 9.97 Å². The first-order chi connectivity index (χ1) is 18.0. The Kier molecular flexibility index (Phi) is 8.12. The summed E-state index contributed by atoms with van der Waals surface area (Å²) in [5.74, 6) is 2.03. The summed E-state index contributed by atoms with van der Waals surface area (Å²) in [7, 11) is 3.15. The van der Waals surface area contributed by atoms with Crippen molar-refractivity contribution >= 4 is 23.3 Å². The highest BCUT2D eigenvalue weighted by Crippen LogP contribution is 2.39. The number of aryl methyl sites for hydroxylation is 1. The minimum absolute atomic E-state index is 0.320. The largest absolute Gasteiger partial charge is 0.493 e. The monoisotopic (exact) mass is 504 g/mol. The molecular formula is C28H32N4O5. The second kappa shape index (κ2) is 11.6. The predicted octanol–water partition coefficient (Wildman–Crippen LogP) is 4.47. The number of aromatic nitrogens is 4. The molecule has 2 aromatic carbocycles. The summed E-state index contributed by atoms with van der Waals surface area (Å²) < 4.78 is 20.0. The van der Waals surface area contributed by atoms with Crippen molar-refractivity contribution in [3.05, 3.63) is 80.3 Å². The molecule has 9 heteroatoms. The van der Waals surface area contributed by atoms with Crippen LogP contribution in [0.5, 0.6) is 17.2 Å². The fraction of sp³-hybridized carbons (Fsp3) is 0.321. The molecule has 0 amide bonds. The Bertz CT molecular complexity index is 1490. The zero-order valence-corrected chi connectivity index (χ0v) is 21.6. The lowest BCUT2D eigenvalue weighted by Gasteiger charge is -2.15. The Morgan fingerprint density at radius 1 is 0.919 bits per heavy atom. The van der Waals surface area contributed by atoms with Gasteiger partial charge in [-0.15, -0.1) is 0 Å². The summed E-state index contributed by atoms with van der Waals surface area (Å²) in [6, 6.07) is 13.5. The first kappa shape index (κ1) is 25.8. The van der Waals surface area contributed by atoms with Crippen molar-refractivity contribution in [2.24, 2.45) is 0 Å². The molecule has 0 radical (unpaired) electrons. The van der Waals surface area contributed by atoms with E-state index in [0.717, 1.165) is 17.5 Å². The fourth-order valence-electron chi connectivity index (χ4n) is 4.15. The van der Waals surface area contributed by atoms with Crippen LogP contribution in [0, 0.1) is 0 Å². The van der Waals surface area contributed by atoms with Crippen LogP contribution in [0.25, 0.3) is 23.3 Å². The summed E-state index contributed by atoms with van der Waals surface area (Å²) in [5.41, 5.74) is 1.81. The van der Waals surface area contributed by atoms with Gasteiger partial charge in [0.1, 0.15) is 17.9 Å². The van der Waals surface area contributed by atoms with Gasteiger partial charge in [0.15, 0.2) is 17.1 Å². The van der Waals surface area contributed by atoms with Crippen LogP contribution in [0.2, 0.25) is 0 Å². The predicted molar refractivity (Wildman–Crippen MR) is 144 cm³/mol. The molecule has 0 fully saturated rings. The topological polar surface area (TPSA) is 100 Å². The molecule has 0 saturated heterocycles. The molecule has 0 aliphatic carbocycles. The Hall–Kier alpha value is -4.27. The molecule has 0 spiro atoms. The number of nitrogens with one attached hydrogen (secondary N) is 1. The van der Waals surface area contributed by atoms with Gasteiger partial charge in [-0.2, -0.15) is 0 Å². The maximum atomic E-state index is 13.0. The molecule has 9 nitrogen and oxygen atoms in total. The maximum Gasteiger partial charge on any atom is 0.332 e. The number of benzene rings is 2. The SMILES string of the molecule is CCCn1c(=O)c2[nH]c(/C=C/c3cc(OC)c(OCc4ccccc4)c(OC)c3)nc2n(CCC)c1=O. The molecular weight excluding hydrogens is 472 g/mol. The molecule has 194 valence electrons. The van der Waals surface area contributed by atoms with Gasteiger partial charge < -0.3 is 19.2 Å². The van der Waals surface area contributed by atoms with Crippen LogP contribution >= 0.6 is 0 Å². The third-order valence-electron chi connectivity index (χ3n) is 5.92. The van der Waals surface area contributed by atoms with E-state index in [1.54, 1.807) is 24.9 Å². The van der Waals surface area contributed by atoms with E-state index in [1.807, 2.05) is 62.4 Å². The Balaban J connectivity index is 1.68. The summed E-state index contributed by atoms with van der Waals surface area (Å²) in [6.07, 6.45) is 5.01. The van der Waals surface area contributed by atoms with Crippen molar-refractivity contribution < 1.29 is 14.2 Å². The number of aromatic amines is 1. The highest BCUT2D eigenvalue weighted by atomic mass is 16.5. The van der Waals surface area contributed by atoms with Crippen LogP contribution in [-0.2, 0) is 19.7 Å². The highest BCUT2D eigenvalue weighted by Gasteiger charge is 2.17. The quantitative estimate of drug-likeness (QED) is 0.323. The molecule has 4 aromatic rings. The molecule has 0 bridgehead atoms. The van der Waals surface area contributed by atoms with Crippen molar-refractivity contribution in [3.8, 4) is 17.2 Å². The number of rotatable bonds is 11. The van der Waals surface area contributed by atoms with Gasteiger partial charge in [-0.1, -0.05) is 50.3 Å². The summed E-state index contributed by atoms with van der Waals surface area (Å²) in [4.78, 5) is 33.5. The zero-order valence-electron chi connectivity index (χ0n) is 21.6. The van der Waals surface area contributed by atoms with E-state index in [0.29, 0.717) is 60.4 Å². The van der Waals surface area contributed by atoms with Gasteiger partial charge in [0.25, 0.3) is 5.56 Å². The van der Waals surface area contributed by atoms with Crippen molar-refractivity contribution in [2.75, 3.05) is 14.2 Å². The van der Waals surface area contributed by atoms with Crippen LogP contribution < -0.4 is 25.5 Å². The molecule has 0 aliphatic heterocycles. The zero-order chi connectivity index (χ0) is 26.4. The lowest BCUT2D eigenvalue weighted by Crippen LogP contribution is -2.40. The molecule has 0 aliphatic rings. The smallest absolute Gasteiger partial charge is 0.332 e. The number of H-pyrrole nitrogens is 1. The van der Waals surface area contributed by atoms with Gasteiger partial charge in [0.05, 0.1) is 14.2 Å². The molecule has 4 rings (SSSR count). The van der Waals surface area contributed by atoms with Crippen LogP contribution in [0.15, 0.2) is 52.1 Å². The third-order valence-corrected chi connectivity index (χ3v) is 5.92. The van der Waals surface area contributed by atoms with E-state index in [-0.39, 0.29) is 11.2 Å². The number of imidazole rings is 1. The average molecular weight is 505 g/mol. The molecule has 2 heterocycles. The minimum Gasteiger partial charge on any atom is -0.493 e. The van der Waals surface area contributed by atoms with E-state index in [9.17, 15) is 9.59 Å². The number of methoxy groups -OCH3 is 2. The maximum absolute atomic E-state index is 13.0. The summed E-state index contributed by atoms with van der Waals surface area (Å²) >= 11 is 0. The second-order valence-corrected chi connectivity index (χ2v) is 8.57. The number of hydrogen-bond acceptors (Lipinski definition) is 6. The normalized spacial score (nSPS) is 11.4. The first-order valence-corrected chi connectivity index (χ1v) is 12.3. The van der Waals surface area contributed by atoms with Gasteiger partial charge in [0, 0.05) is 13.1 Å². The molecule has 37 heavy (non-hydrogen) atoms. The van der Waals surface area contributed by atoms with Gasteiger partial charge >= 0.3 is 5.69 Å². The van der Waals surface area contributed by atoms with E-state index < -0.39 is 0 Å². The van der Waals surface area contributed by atoms with Crippen LogP contribution in [0.3, 0.4) is 0 Å². The van der Waals surface area contributed by atoms with E-state index >= 15 is 0 Å². The average Bonchev–Trinajstić information content (AvgIpc) is 3.35. The van der Waals surface area contributed by atoms with Gasteiger partial charge in [-0.25, -0.2) is 9.78 Å². The van der Waals surface area contributed by atoms with Crippen molar-refractivity contribution in [1.29, 1.82) is 0 Å². The van der Waals surface area contributed by atoms with Gasteiger partial charge in [-0.3, -0.25) is 13.9 Å². The minimum atomic E-state index is -0.357. The molecule has 0 unspecified atom stereocenters. The van der Waals surface area contributed by atoms with E-state index in [4.69, 9.17) is 14.2 Å². The number of nitrogens with zero attached hydrogens (tertiary/aromatic N) is 3. The first-order valence-electron chi connectivity index (χ1n) is 12.3. The van der Waals surface area contributed by atoms with Gasteiger partial charge in [-0.05, 0) is 42.2 Å². The Morgan fingerprint density at radius 3 is 2.19 bits per heavy atom. The molecule has 0 atom stereocenters. The van der Waals surface area contributed by atoms with Crippen LogP contribution in [-0.4, -0.2) is 33.3 Å². The Morgan fingerprint density at radius 2 is 1.57 bits per heavy atom. The summed E-state index contributed by atoms with van der Waals surface area (Å²) in [5, 5.41) is 0. The Labute approximate surface area is 215 Å². The van der Waals surface area contributed by atoms with Crippen LogP contribution in [0.1, 0.15) is 43.6 Å². The molecule has 1 N–H and O–H groups in total. The lowest BCUT2D eigenvalue weighted by atomic mass is 10.1. The summed E-state index contributed by atoms with van der Waals surface area (Å²) in [6.45, 7) is 5.12. The number of hydrogen-bond donors (Lipinski definition) is 1.